The quantitative estimate of drug-likeness (QED) is 0.165. The summed E-state index contributed by atoms with van der Waals surface area (Å²) in [5.41, 5.74) is 2.49. The fraction of sp³-hybridized carbons (Fsp3) is 0.333. The molecule has 10 rings (SSSR count). The van der Waals surface area contributed by atoms with Crippen molar-refractivity contribution in [3.63, 3.8) is 0 Å². The maximum Gasteiger partial charge on any atom is 1.00 e. The van der Waals surface area contributed by atoms with E-state index in [0.717, 1.165) is 73.9 Å². The van der Waals surface area contributed by atoms with Gasteiger partial charge in [-0.25, -0.2) is 48.7 Å². The molecule has 61 heavy (non-hydrogen) atoms. The van der Waals surface area contributed by atoms with Gasteiger partial charge in [0.25, 0.3) is 0 Å². The first-order valence-corrected chi connectivity index (χ1v) is 21.5. The van der Waals surface area contributed by atoms with Crippen LogP contribution >= 0.6 is 34.3 Å². The minimum absolute atomic E-state index is 0. The predicted molar refractivity (Wildman–Crippen MR) is 234 cm³/mol. The summed E-state index contributed by atoms with van der Waals surface area (Å²) in [6, 6.07) is 15.5. The van der Waals surface area contributed by atoms with E-state index in [1.54, 1.807) is 87.0 Å². The summed E-state index contributed by atoms with van der Waals surface area (Å²) in [6.07, 6.45) is 15.5. The van der Waals surface area contributed by atoms with Gasteiger partial charge in [-0.1, -0.05) is 32.4 Å². The van der Waals surface area contributed by atoms with E-state index in [2.05, 4.69) is 44.9 Å². The monoisotopic (exact) mass is 908 g/mol. The SMILES string of the molecule is CC(C)(C)[O-].F[C@H]1CCCN(c2ccc(-c3nc4nc(-n5ccnc5)ccc4s3)cn2)C1.F[C@H]1CCCN(c2ccc(-c3nc4nc(Cl)ccc4s3)cn2)C1.[K+].c1c[nH]cn1. The zero-order chi connectivity index (χ0) is 42.1. The average Bonchev–Trinajstić information content (AvgIpc) is 4.09. The molecule has 2 atom stereocenters. The van der Waals surface area contributed by atoms with Crippen LogP contribution < -0.4 is 66.3 Å². The molecule has 2 aliphatic heterocycles. The van der Waals surface area contributed by atoms with Crippen molar-refractivity contribution in [2.75, 3.05) is 36.0 Å². The van der Waals surface area contributed by atoms with E-state index in [9.17, 15) is 13.9 Å². The number of pyridine rings is 4. The number of nitrogens with one attached hydrogen (secondary N) is 1. The van der Waals surface area contributed by atoms with Crippen LogP contribution in [0, 0.1) is 0 Å². The molecule has 0 amide bonds. The van der Waals surface area contributed by atoms with Crippen LogP contribution in [0.3, 0.4) is 0 Å². The van der Waals surface area contributed by atoms with Crippen molar-refractivity contribution < 1.29 is 65.3 Å². The molecule has 312 valence electrons. The van der Waals surface area contributed by atoms with Gasteiger partial charge in [-0.2, -0.15) is 0 Å². The number of piperidine rings is 2. The molecule has 19 heteroatoms. The molecule has 1 N–H and O–H groups in total. The molecule has 2 saturated heterocycles. The van der Waals surface area contributed by atoms with Crippen molar-refractivity contribution in [3.05, 3.63) is 104 Å². The molecule has 10 heterocycles. The molecular formula is C42H44ClF2KN12OS2. The molecule has 0 radical (unpaired) electrons. The van der Waals surface area contributed by atoms with Gasteiger partial charge in [-0.05, 0) is 74.2 Å². The molecule has 0 aromatic carbocycles. The average molecular weight is 910 g/mol. The van der Waals surface area contributed by atoms with Gasteiger partial charge in [0.15, 0.2) is 11.3 Å². The van der Waals surface area contributed by atoms with Gasteiger partial charge in [-0.3, -0.25) is 4.57 Å². The fourth-order valence-corrected chi connectivity index (χ4v) is 8.21. The van der Waals surface area contributed by atoms with E-state index < -0.39 is 17.9 Å². The van der Waals surface area contributed by atoms with Crippen LogP contribution in [0.2, 0.25) is 5.15 Å². The summed E-state index contributed by atoms with van der Waals surface area (Å²) in [4.78, 5) is 41.5. The second kappa shape index (κ2) is 22.0. The Kier molecular flexibility index (Phi) is 16.8. The maximum atomic E-state index is 13.6. The van der Waals surface area contributed by atoms with Crippen LogP contribution in [0.1, 0.15) is 46.5 Å². The molecule has 2 aliphatic rings. The Bertz CT molecular complexity index is 2510. The molecule has 0 saturated carbocycles. The van der Waals surface area contributed by atoms with Crippen LogP contribution in [0.15, 0.2) is 98.4 Å². The Morgan fingerprint density at radius 3 is 1.70 bits per heavy atom. The first-order chi connectivity index (χ1) is 28.9. The first-order valence-electron chi connectivity index (χ1n) is 19.5. The normalized spacial score (nSPS) is 16.4. The number of aromatic amines is 1. The number of hydrogen-bond donors (Lipinski definition) is 1. The van der Waals surface area contributed by atoms with E-state index in [-0.39, 0.29) is 51.4 Å². The number of aromatic nitrogens is 10. The molecule has 0 aliphatic carbocycles. The van der Waals surface area contributed by atoms with Crippen molar-refractivity contribution >= 4 is 66.6 Å². The van der Waals surface area contributed by atoms with Crippen molar-refractivity contribution in [1.82, 2.24) is 49.4 Å². The van der Waals surface area contributed by atoms with Crippen molar-refractivity contribution in [2.45, 2.75) is 64.4 Å². The zero-order valence-corrected chi connectivity index (χ0v) is 39.8. The smallest absolute Gasteiger partial charge is 0.850 e. The number of alkyl halides is 2. The van der Waals surface area contributed by atoms with Crippen molar-refractivity contribution in [1.29, 1.82) is 0 Å². The summed E-state index contributed by atoms with van der Waals surface area (Å²) in [6.45, 7) is 7.46. The van der Waals surface area contributed by atoms with E-state index in [1.165, 1.54) is 0 Å². The molecule has 8 aromatic rings. The second-order valence-corrected chi connectivity index (χ2v) is 17.5. The van der Waals surface area contributed by atoms with Crippen molar-refractivity contribution in [3.8, 4) is 27.0 Å². The van der Waals surface area contributed by atoms with Crippen LogP contribution in [-0.2, 0) is 0 Å². The number of fused-ring (bicyclic) bond motifs is 2. The Morgan fingerprint density at radius 2 is 1.26 bits per heavy atom. The number of thiazole rings is 2. The van der Waals surface area contributed by atoms with Gasteiger partial charge in [0, 0.05) is 61.4 Å². The predicted octanol–water partition coefficient (Wildman–Crippen LogP) is 5.78. The third-order valence-corrected chi connectivity index (χ3v) is 11.3. The van der Waals surface area contributed by atoms with Gasteiger partial charge in [-0.15, -0.1) is 28.3 Å². The summed E-state index contributed by atoms with van der Waals surface area (Å²) >= 11 is 9.04. The van der Waals surface area contributed by atoms with Gasteiger partial charge in [0.1, 0.15) is 51.3 Å². The number of halogens is 3. The van der Waals surface area contributed by atoms with E-state index in [4.69, 9.17) is 11.6 Å². The number of anilines is 2. The van der Waals surface area contributed by atoms with Gasteiger partial charge in [0.05, 0.1) is 28.8 Å². The molecule has 13 nitrogen and oxygen atoms in total. The molecule has 0 spiro atoms. The minimum atomic E-state index is -0.764. The number of rotatable bonds is 5. The zero-order valence-electron chi connectivity index (χ0n) is 34.3. The number of nitrogens with zero attached hydrogens (tertiary/aromatic N) is 11. The first kappa shape index (κ1) is 46.6. The van der Waals surface area contributed by atoms with Gasteiger partial charge in [0.2, 0.25) is 0 Å². The second-order valence-electron chi connectivity index (χ2n) is 15.0. The minimum Gasteiger partial charge on any atom is -0.850 e. The summed E-state index contributed by atoms with van der Waals surface area (Å²) in [7, 11) is 0. The summed E-state index contributed by atoms with van der Waals surface area (Å²) < 4.78 is 31.0. The Balaban J connectivity index is 0.000000166. The molecule has 2 fully saturated rings. The standard InChI is InChI=1S/C19H17FN6S.C16H14ClFN4S.C4H9O.C3H4N2.K/c20-14-2-1-8-25(11-14)16-5-3-13(10-22-16)19-24-18-15(27-19)4-6-17(23-18)26-9-7-21-12-26;17-13-5-4-12-15(20-13)21-16(23-12)10-3-6-14(19-8-10)22-7-1-2-11(18)9-22;1-4(2,3)5;1-2-5-3-4-1;/h3-7,9-10,12,14H,1-2,8,11H2;3-6,8,11H,1-2,7,9H2;1-3H3;1-3H,(H,4,5);/q;;-1;;+1/t14-;11-;;;/m00.../s1. The topological polar surface area (TPSA) is 153 Å². The fourth-order valence-electron chi connectivity index (χ4n) is 6.27. The van der Waals surface area contributed by atoms with Crippen LogP contribution in [0.25, 0.3) is 47.7 Å². The third-order valence-electron chi connectivity index (χ3n) is 9.00. The number of hydrogen-bond acceptors (Lipinski definition) is 13. The summed E-state index contributed by atoms with van der Waals surface area (Å²) in [5.74, 6) is 2.43. The van der Waals surface area contributed by atoms with E-state index in [0.29, 0.717) is 42.4 Å². The molecular weight excluding hydrogens is 865 g/mol. The van der Waals surface area contributed by atoms with Crippen LogP contribution in [0.4, 0.5) is 20.4 Å². The maximum absolute atomic E-state index is 13.6. The van der Waals surface area contributed by atoms with Gasteiger partial charge < -0.3 is 19.9 Å². The largest absolute Gasteiger partial charge is 1.00 e. The number of imidazole rings is 2. The number of H-pyrrole nitrogens is 1. The molecule has 0 unspecified atom stereocenters. The molecule has 0 bridgehead atoms. The Morgan fingerprint density at radius 1 is 0.721 bits per heavy atom. The Labute approximate surface area is 408 Å². The van der Waals surface area contributed by atoms with Gasteiger partial charge >= 0.3 is 51.4 Å². The summed E-state index contributed by atoms with van der Waals surface area (Å²) in [5, 5.41) is 12.3. The molecule has 8 aromatic heterocycles. The van der Waals surface area contributed by atoms with Crippen LogP contribution in [-0.4, -0.2) is 93.5 Å². The van der Waals surface area contributed by atoms with Crippen LogP contribution in [0.5, 0.6) is 0 Å². The van der Waals surface area contributed by atoms with E-state index in [1.807, 2.05) is 69.2 Å². The van der Waals surface area contributed by atoms with Crippen molar-refractivity contribution in [2.24, 2.45) is 0 Å². The third kappa shape index (κ3) is 13.6. The Hall–Kier alpha value is -3.85. The van der Waals surface area contributed by atoms with E-state index >= 15 is 0 Å².